The molecule has 1 saturated heterocycles. The number of likely N-dealkylation sites (tertiary alicyclic amines) is 1. The van der Waals surface area contributed by atoms with Crippen molar-refractivity contribution in [3.63, 3.8) is 0 Å². The Morgan fingerprint density at radius 1 is 1.13 bits per heavy atom. The molecule has 1 fully saturated rings. The van der Waals surface area contributed by atoms with E-state index in [0.717, 1.165) is 38.9 Å². The van der Waals surface area contributed by atoms with Crippen molar-refractivity contribution in [1.82, 2.24) is 10.2 Å². The highest BCUT2D eigenvalue weighted by atomic mass is 16.2. The number of amides is 2. The number of rotatable bonds is 5. The molecule has 0 aliphatic carbocycles. The molecule has 0 bridgehead atoms. The second-order valence-electron chi connectivity index (χ2n) is 4.27. The van der Waals surface area contributed by atoms with E-state index in [-0.39, 0.29) is 6.03 Å². The molecule has 0 unspecified atom stereocenters. The molecule has 15 heavy (non-hydrogen) atoms. The molecule has 1 rings (SSSR count). The van der Waals surface area contributed by atoms with Crippen molar-refractivity contribution >= 4 is 6.03 Å². The van der Waals surface area contributed by atoms with E-state index in [2.05, 4.69) is 12.2 Å². The minimum Gasteiger partial charge on any atom is -0.323 e. The van der Waals surface area contributed by atoms with E-state index in [1.165, 1.54) is 25.7 Å². The van der Waals surface area contributed by atoms with Crippen LogP contribution in [0.25, 0.3) is 0 Å². The highest BCUT2D eigenvalue weighted by Gasteiger charge is 2.16. The topological polar surface area (TPSA) is 34.4 Å². The van der Waals surface area contributed by atoms with Gasteiger partial charge < -0.3 is 4.90 Å². The molecular weight excluding hydrogens is 188 g/mol. The van der Waals surface area contributed by atoms with Crippen molar-refractivity contribution in [2.24, 2.45) is 0 Å². The van der Waals surface area contributed by atoms with Crippen LogP contribution in [0.3, 0.4) is 0 Å². The molecule has 3 nitrogen and oxygen atoms in total. The van der Waals surface area contributed by atoms with Gasteiger partial charge in [0.05, 0.1) is 0 Å². The molecular formula is C12H23N2O. The quantitative estimate of drug-likeness (QED) is 0.644. The summed E-state index contributed by atoms with van der Waals surface area (Å²) in [5.74, 6) is 0. The molecule has 0 aromatic heterocycles. The summed E-state index contributed by atoms with van der Waals surface area (Å²) in [4.78, 5) is 13.5. The lowest BCUT2D eigenvalue weighted by Gasteiger charge is -2.25. The maximum Gasteiger partial charge on any atom is 0.338 e. The first-order valence-corrected chi connectivity index (χ1v) is 6.31. The molecule has 0 atom stereocenters. The van der Waals surface area contributed by atoms with Crippen molar-refractivity contribution in [1.29, 1.82) is 0 Å². The average Bonchev–Trinajstić information content (AvgIpc) is 2.30. The number of urea groups is 1. The van der Waals surface area contributed by atoms with E-state index in [1.807, 2.05) is 4.90 Å². The highest BCUT2D eigenvalue weighted by Crippen LogP contribution is 2.08. The number of nitrogens with zero attached hydrogens (tertiary/aromatic N) is 2. The van der Waals surface area contributed by atoms with E-state index in [9.17, 15) is 4.79 Å². The molecule has 1 heterocycles. The minimum atomic E-state index is 0.0196. The zero-order valence-corrected chi connectivity index (χ0v) is 9.87. The SMILES string of the molecule is CCCCCC[N]C(=O)N1CCCCC1. The Kier molecular flexibility index (Phi) is 6.21. The minimum absolute atomic E-state index is 0.0196. The summed E-state index contributed by atoms with van der Waals surface area (Å²) in [5, 5.41) is 4.11. The molecule has 0 aromatic carbocycles. The summed E-state index contributed by atoms with van der Waals surface area (Å²) in [6, 6.07) is 0.0196. The summed E-state index contributed by atoms with van der Waals surface area (Å²) >= 11 is 0. The van der Waals surface area contributed by atoms with Crippen LogP contribution in [0.4, 0.5) is 4.79 Å². The Bertz CT molecular complexity index is 176. The van der Waals surface area contributed by atoms with Crippen molar-refractivity contribution < 1.29 is 4.79 Å². The highest BCUT2D eigenvalue weighted by molar-refractivity contribution is 5.73. The number of piperidine rings is 1. The van der Waals surface area contributed by atoms with Crippen LogP contribution in [-0.4, -0.2) is 30.6 Å². The summed E-state index contributed by atoms with van der Waals surface area (Å²) in [7, 11) is 0. The smallest absolute Gasteiger partial charge is 0.323 e. The molecule has 1 radical (unpaired) electrons. The van der Waals surface area contributed by atoms with E-state index >= 15 is 0 Å². The number of unbranched alkanes of at least 4 members (excludes halogenated alkanes) is 3. The molecule has 3 heteroatoms. The van der Waals surface area contributed by atoms with Gasteiger partial charge in [0, 0.05) is 19.6 Å². The second kappa shape index (κ2) is 7.55. The Morgan fingerprint density at radius 3 is 2.53 bits per heavy atom. The lowest BCUT2D eigenvalue weighted by molar-refractivity contribution is 0.185. The van der Waals surface area contributed by atoms with Crippen molar-refractivity contribution in [3.8, 4) is 0 Å². The lowest BCUT2D eigenvalue weighted by atomic mass is 10.1. The maximum absolute atomic E-state index is 11.6. The molecule has 2 amide bonds. The van der Waals surface area contributed by atoms with Gasteiger partial charge in [0.15, 0.2) is 0 Å². The summed E-state index contributed by atoms with van der Waals surface area (Å²) in [5.41, 5.74) is 0. The van der Waals surface area contributed by atoms with E-state index in [0.29, 0.717) is 0 Å². The predicted molar refractivity (Wildman–Crippen MR) is 62.0 cm³/mol. The molecule has 0 N–H and O–H groups in total. The van der Waals surface area contributed by atoms with Crippen molar-refractivity contribution in [2.45, 2.75) is 51.9 Å². The van der Waals surface area contributed by atoms with Gasteiger partial charge in [-0.25, -0.2) is 10.1 Å². The Labute approximate surface area is 93.2 Å². The van der Waals surface area contributed by atoms with Crippen LogP contribution in [0.5, 0.6) is 0 Å². The summed E-state index contributed by atoms with van der Waals surface area (Å²) in [6.45, 7) is 4.74. The van der Waals surface area contributed by atoms with Gasteiger partial charge in [0.25, 0.3) is 0 Å². The fraction of sp³-hybridized carbons (Fsp3) is 0.917. The van der Waals surface area contributed by atoms with E-state index < -0.39 is 0 Å². The first-order valence-electron chi connectivity index (χ1n) is 6.31. The van der Waals surface area contributed by atoms with Gasteiger partial charge in [-0.15, -0.1) is 0 Å². The summed E-state index contributed by atoms with van der Waals surface area (Å²) < 4.78 is 0. The van der Waals surface area contributed by atoms with Crippen LogP contribution >= 0.6 is 0 Å². The van der Waals surface area contributed by atoms with Crippen LogP contribution in [0.2, 0.25) is 0 Å². The zero-order chi connectivity index (χ0) is 10.9. The van der Waals surface area contributed by atoms with Crippen LogP contribution in [0.15, 0.2) is 0 Å². The second-order valence-corrected chi connectivity index (χ2v) is 4.27. The third-order valence-electron chi connectivity index (χ3n) is 2.89. The molecule has 87 valence electrons. The van der Waals surface area contributed by atoms with Crippen LogP contribution < -0.4 is 5.32 Å². The van der Waals surface area contributed by atoms with Gasteiger partial charge in [0.1, 0.15) is 0 Å². The number of hydrogen-bond donors (Lipinski definition) is 0. The fourth-order valence-electron chi connectivity index (χ4n) is 1.90. The van der Waals surface area contributed by atoms with Gasteiger partial charge in [-0.1, -0.05) is 26.2 Å². The van der Waals surface area contributed by atoms with Gasteiger partial charge in [-0.05, 0) is 25.7 Å². The van der Waals surface area contributed by atoms with E-state index in [1.54, 1.807) is 0 Å². The number of hydrogen-bond acceptors (Lipinski definition) is 1. The van der Waals surface area contributed by atoms with Gasteiger partial charge >= 0.3 is 6.03 Å². The predicted octanol–water partition coefficient (Wildman–Crippen LogP) is 2.78. The monoisotopic (exact) mass is 211 g/mol. The Balaban J connectivity index is 2.02. The third kappa shape index (κ3) is 5.05. The average molecular weight is 211 g/mol. The molecule has 0 spiro atoms. The zero-order valence-electron chi connectivity index (χ0n) is 9.87. The molecule has 1 aliphatic heterocycles. The van der Waals surface area contributed by atoms with Crippen LogP contribution in [0, 0.1) is 0 Å². The normalized spacial score (nSPS) is 16.5. The largest absolute Gasteiger partial charge is 0.338 e. The van der Waals surface area contributed by atoms with Crippen LogP contribution in [0.1, 0.15) is 51.9 Å². The van der Waals surface area contributed by atoms with Crippen molar-refractivity contribution in [3.05, 3.63) is 0 Å². The Hall–Kier alpha value is -0.730. The first-order chi connectivity index (χ1) is 7.34. The van der Waals surface area contributed by atoms with Gasteiger partial charge in [0.2, 0.25) is 0 Å². The van der Waals surface area contributed by atoms with Crippen molar-refractivity contribution in [2.75, 3.05) is 19.6 Å². The third-order valence-corrected chi connectivity index (χ3v) is 2.89. The fourth-order valence-corrected chi connectivity index (χ4v) is 1.90. The van der Waals surface area contributed by atoms with E-state index in [4.69, 9.17) is 0 Å². The van der Waals surface area contributed by atoms with Gasteiger partial charge in [-0.3, -0.25) is 0 Å². The van der Waals surface area contributed by atoms with Crippen LogP contribution in [-0.2, 0) is 0 Å². The number of carbonyl (C=O) groups excluding carboxylic acids is 1. The number of carbonyl (C=O) groups is 1. The lowest BCUT2D eigenvalue weighted by Crippen LogP contribution is -2.39. The first kappa shape index (κ1) is 12.3. The molecule has 1 aliphatic rings. The molecule has 0 aromatic rings. The molecule has 0 saturated carbocycles. The Morgan fingerprint density at radius 2 is 1.87 bits per heavy atom. The summed E-state index contributed by atoms with van der Waals surface area (Å²) in [6.07, 6.45) is 8.32. The maximum atomic E-state index is 11.6. The van der Waals surface area contributed by atoms with Gasteiger partial charge in [-0.2, -0.15) is 0 Å². The standard InChI is InChI=1S/C12H23N2O/c1-2-3-4-6-9-13-12(15)14-10-7-5-8-11-14/h2-11H2,1H3.